The molecule has 2 aromatic heterocycles. The maximum atomic E-state index is 12.3. The number of sulfonamides is 1. The van der Waals surface area contributed by atoms with E-state index in [4.69, 9.17) is 9.47 Å². The molecule has 0 saturated carbocycles. The third-order valence-electron chi connectivity index (χ3n) is 5.21. The molecule has 0 spiro atoms. The molecule has 4 rings (SSSR count). The lowest BCUT2D eigenvalue weighted by Crippen LogP contribution is -2.21. The SMILES string of the molecule is Cc1nn(-c2ccc(Oc3ccc(NS(=O)(=O)CCOc4ccccc4)cc3)nn2)c(C)c1C. The van der Waals surface area contributed by atoms with E-state index in [2.05, 4.69) is 20.0 Å². The summed E-state index contributed by atoms with van der Waals surface area (Å²) in [4.78, 5) is 0. The first-order valence-electron chi connectivity index (χ1n) is 10.6. The summed E-state index contributed by atoms with van der Waals surface area (Å²) < 4.78 is 40.1. The molecule has 9 nitrogen and oxygen atoms in total. The van der Waals surface area contributed by atoms with E-state index < -0.39 is 10.0 Å². The van der Waals surface area contributed by atoms with Gasteiger partial charge in [-0.2, -0.15) is 5.10 Å². The molecule has 0 aliphatic carbocycles. The fourth-order valence-electron chi connectivity index (χ4n) is 3.15. The second-order valence-electron chi connectivity index (χ2n) is 7.65. The van der Waals surface area contributed by atoms with Gasteiger partial charge in [0.2, 0.25) is 15.9 Å². The Bertz CT molecular complexity index is 1350. The number of benzene rings is 2. The lowest BCUT2D eigenvalue weighted by Gasteiger charge is -2.10. The highest BCUT2D eigenvalue weighted by atomic mass is 32.2. The van der Waals surface area contributed by atoms with Gasteiger partial charge in [-0.15, -0.1) is 10.2 Å². The van der Waals surface area contributed by atoms with Crippen LogP contribution in [0.2, 0.25) is 0 Å². The highest BCUT2D eigenvalue weighted by molar-refractivity contribution is 7.92. The summed E-state index contributed by atoms with van der Waals surface area (Å²) in [6.45, 7) is 5.99. The van der Waals surface area contributed by atoms with Crippen LogP contribution in [-0.4, -0.2) is 40.8 Å². The summed E-state index contributed by atoms with van der Waals surface area (Å²) >= 11 is 0. The number of hydrogen-bond acceptors (Lipinski definition) is 7. The minimum Gasteiger partial charge on any atom is -0.492 e. The number of hydrogen-bond donors (Lipinski definition) is 1. The monoisotopic (exact) mass is 479 g/mol. The molecule has 176 valence electrons. The largest absolute Gasteiger partial charge is 0.492 e. The van der Waals surface area contributed by atoms with Crippen molar-refractivity contribution >= 4 is 15.7 Å². The van der Waals surface area contributed by atoms with E-state index in [0.29, 0.717) is 28.9 Å². The van der Waals surface area contributed by atoms with Crippen LogP contribution >= 0.6 is 0 Å². The maximum absolute atomic E-state index is 12.3. The molecule has 0 amide bonds. The van der Waals surface area contributed by atoms with Crippen molar-refractivity contribution in [1.29, 1.82) is 0 Å². The van der Waals surface area contributed by atoms with Crippen molar-refractivity contribution in [3.8, 4) is 23.2 Å². The molecule has 34 heavy (non-hydrogen) atoms. The number of nitrogens with zero attached hydrogens (tertiary/aromatic N) is 4. The van der Waals surface area contributed by atoms with E-state index in [9.17, 15) is 8.42 Å². The van der Waals surface area contributed by atoms with Gasteiger partial charge in [0.1, 0.15) is 23.9 Å². The van der Waals surface area contributed by atoms with Crippen LogP contribution in [0.15, 0.2) is 66.7 Å². The van der Waals surface area contributed by atoms with Crippen molar-refractivity contribution in [3.63, 3.8) is 0 Å². The summed E-state index contributed by atoms with van der Waals surface area (Å²) in [5.41, 5.74) is 3.49. The summed E-state index contributed by atoms with van der Waals surface area (Å²) in [6, 6.07) is 19.1. The number of anilines is 1. The van der Waals surface area contributed by atoms with Gasteiger partial charge >= 0.3 is 0 Å². The first-order chi connectivity index (χ1) is 16.3. The molecule has 0 fully saturated rings. The number of ether oxygens (including phenoxy) is 2. The topological polar surface area (TPSA) is 108 Å². The smallest absolute Gasteiger partial charge is 0.238 e. The third-order valence-corrected chi connectivity index (χ3v) is 6.46. The summed E-state index contributed by atoms with van der Waals surface area (Å²) in [7, 11) is -3.56. The van der Waals surface area contributed by atoms with E-state index in [0.717, 1.165) is 17.0 Å². The van der Waals surface area contributed by atoms with Crippen molar-refractivity contribution in [3.05, 3.63) is 83.7 Å². The van der Waals surface area contributed by atoms with E-state index in [1.54, 1.807) is 53.2 Å². The first-order valence-corrected chi connectivity index (χ1v) is 12.3. The standard InChI is InChI=1S/C24H25N5O4S/c1-17-18(2)27-29(19(17)3)23-13-14-24(26-25-23)33-22-11-9-20(10-12-22)28-34(30,31)16-15-32-21-7-5-4-6-8-21/h4-14,28H,15-16H2,1-3H3. The van der Waals surface area contributed by atoms with Gasteiger partial charge in [-0.25, -0.2) is 13.1 Å². The van der Waals surface area contributed by atoms with Crippen LogP contribution in [0.1, 0.15) is 17.0 Å². The Labute approximate surface area is 198 Å². The van der Waals surface area contributed by atoms with Gasteiger partial charge in [0, 0.05) is 17.4 Å². The normalized spacial score (nSPS) is 11.3. The second-order valence-corrected chi connectivity index (χ2v) is 9.49. The molecular weight excluding hydrogens is 454 g/mol. The second kappa shape index (κ2) is 9.92. The molecular formula is C24H25N5O4S. The Kier molecular flexibility index (Phi) is 6.78. The summed E-state index contributed by atoms with van der Waals surface area (Å²) in [5, 5.41) is 12.8. The zero-order chi connectivity index (χ0) is 24.1. The van der Waals surface area contributed by atoms with Crippen molar-refractivity contribution in [2.75, 3.05) is 17.1 Å². The number of rotatable bonds is 9. The Hall–Kier alpha value is -3.92. The average molecular weight is 480 g/mol. The van der Waals surface area contributed by atoms with Gasteiger partial charge in [0.05, 0.1) is 5.69 Å². The Morgan fingerprint density at radius 1 is 0.882 bits per heavy atom. The lowest BCUT2D eigenvalue weighted by molar-refractivity contribution is 0.341. The van der Waals surface area contributed by atoms with Crippen molar-refractivity contribution in [2.24, 2.45) is 0 Å². The van der Waals surface area contributed by atoms with Crippen molar-refractivity contribution in [2.45, 2.75) is 20.8 Å². The predicted octanol–water partition coefficient (Wildman–Crippen LogP) is 4.20. The molecule has 0 radical (unpaired) electrons. The first kappa shape index (κ1) is 23.2. The average Bonchev–Trinajstić information content (AvgIpc) is 3.08. The quantitative estimate of drug-likeness (QED) is 0.383. The van der Waals surface area contributed by atoms with Gasteiger partial charge in [-0.3, -0.25) is 4.72 Å². The Morgan fingerprint density at radius 2 is 1.62 bits per heavy atom. The third kappa shape index (κ3) is 5.70. The molecule has 0 aliphatic rings. The molecule has 2 aromatic carbocycles. The molecule has 0 bridgehead atoms. The van der Waals surface area contributed by atoms with E-state index in [1.807, 2.05) is 39.0 Å². The lowest BCUT2D eigenvalue weighted by atomic mass is 10.2. The fraction of sp³-hybridized carbons (Fsp3) is 0.208. The highest BCUT2D eigenvalue weighted by Crippen LogP contribution is 2.23. The van der Waals surface area contributed by atoms with Gasteiger partial charge in [-0.1, -0.05) is 18.2 Å². The summed E-state index contributed by atoms with van der Waals surface area (Å²) in [6.07, 6.45) is 0. The number of nitrogens with one attached hydrogen (secondary N) is 1. The van der Waals surface area contributed by atoms with Gasteiger partial charge in [0.15, 0.2) is 5.82 Å². The van der Waals surface area contributed by atoms with E-state index in [-0.39, 0.29) is 12.4 Å². The van der Waals surface area contributed by atoms with Gasteiger partial charge < -0.3 is 9.47 Å². The zero-order valence-corrected chi connectivity index (χ0v) is 19.9. The predicted molar refractivity (Wildman–Crippen MR) is 129 cm³/mol. The van der Waals surface area contributed by atoms with Crippen molar-refractivity contribution in [1.82, 2.24) is 20.0 Å². The van der Waals surface area contributed by atoms with Crippen LogP contribution in [0.3, 0.4) is 0 Å². The van der Waals surface area contributed by atoms with E-state index in [1.165, 1.54) is 0 Å². The minimum atomic E-state index is -3.56. The Balaban J connectivity index is 1.33. The molecule has 0 aliphatic heterocycles. The fourth-order valence-corrected chi connectivity index (χ4v) is 4.05. The molecule has 0 atom stereocenters. The molecule has 0 unspecified atom stereocenters. The van der Waals surface area contributed by atoms with Crippen LogP contribution in [-0.2, 0) is 10.0 Å². The molecule has 4 aromatic rings. The maximum Gasteiger partial charge on any atom is 0.238 e. The van der Waals surface area contributed by atoms with Crippen LogP contribution in [0.4, 0.5) is 5.69 Å². The minimum absolute atomic E-state index is 0.0480. The summed E-state index contributed by atoms with van der Waals surface area (Å²) in [5.74, 6) is 1.87. The van der Waals surface area contributed by atoms with Gasteiger partial charge in [-0.05, 0) is 68.8 Å². The van der Waals surface area contributed by atoms with Crippen LogP contribution < -0.4 is 14.2 Å². The number of aromatic nitrogens is 4. The molecule has 10 heteroatoms. The van der Waals surface area contributed by atoms with Crippen LogP contribution in [0.5, 0.6) is 17.4 Å². The van der Waals surface area contributed by atoms with E-state index >= 15 is 0 Å². The Morgan fingerprint density at radius 3 is 2.24 bits per heavy atom. The number of aryl methyl sites for hydroxylation is 1. The van der Waals surface area contributed by atoms with Crippen LogP contribution in [0.25, 0.3) is 5.82 Å². The molecule has 1 N–H and O–H groups in total. The van der Waals surface area contributed by atoms with Gasteiger partial charge in [0.25, 0.3) is 0 Å². The zero-order valence-electron chi connectivity index (χ0n) is 19.1. The highest BCUT2D eigenvalue weighted by Gasteiger charge is 2.12. The molecule has 2 heterocycles. The van der Waals surface area contributed by atoms with Crippen LogP contribution in [0, 0.1) is 20.8 Å². The van der Waals surface area contributed by atoms with Crippen molar-refractivity contribution < 1.29 is 17.9 Å². The number of para-hydroxylation sites is 1. The molecule has 0 saturated heterocycles.